The van der Waals surface area contributed by atoms with Gasteiger partial charge in [-0.05, 0) is 36.3 Å². The molecule has 2 nitrogen and oxygen atoms in total. The van der Waals surface area contributed by atoms with Crippen LogP contribution in [-0.4, -0.2) is 12.8 Å². The summed E-state index contributed by atoms with van der Waals surface area (Å²) in [5.74, 6) is 0.0256. The van der Waals surface area contributed by atoms with Crippen molar-refractivity contribution in [2.24, 2.45) is 0 Å². The molecule has 0 aliphatic carbocycles. The van der Waals surface area contributed by atoms with E-state index < -0.39 is 0 Å². The second-order valence-corrected chi connectivity index (χ2v) is 4.38. The van der Waals surface area contributed by atoms with E-state index >= 15 is 0 Å². The van der Waals surface area contributed by atoms with Crippen LogP contribution in [0.4, 0.5) is 5.69 Å². The molecule has 0 saturated heterocycles. The zero-order chi connectivity index (χ0) is 13.7. The number of carbonyl (C=O) groups is 1. The Morgan fingerprint density at radius 2 is 1.84 bits per heavy atom. The molecule has 0 heterocycles. The van der Waals surface area contributed by atoms with Crippen LogP contribution in [0, 0.1) is 6.92 Å². The molecule has 0 amide bonds. The van der Waals surface area contributed by atoms with Crippen LogP contribution < -0.4 is 5.32 Å². The second-order valence-electron chi connectivity index (χ2n) is 4.38. The molecule has 19 heavy (non-hydrogen) atoms. The summed E-state index contributed by atoms with van der Waals surface area (Å²) in [5, 5.41) is 3.09. The van der Waals surface area contributed by atoms with E-state index in [-0.39, 0.29) is 5.78 Å². The topological polar surface area (TPSA) is 29.1 Å². The van der Waals surface area contributed by atoms with E-state index in [4.69, 9.17) is 0 Å². The molecule has 2 aromatic carbocycles. The highest BCUT2D eigenvalue weighted by Gasteiger charge is 2.01. The minimum Gasteiger partial charge on any atom is -0.388 e. The molecule has 0 spiro atoms. The summed E-state index contributed by atoms with van der Waals surface area (Å²) in [6, 6.07) is 15.4. The van der Waals surface area contributed by atoms with Gasteiger partial charge in [-0.25, -0.2) is 0 Å². The Kier molecular flexibility index (Phi) is 4.14. The SMILES string of the molecule is CNc1ccc(C=CC(=O)c2ccccc2)c(C)c1. The summed E-state index contributed by atoms with van der Waals surface area (Å²) >= 11 is 0. The number of hydrogen-bond donors (Lipinski definition) is 1. The van der Waals surface area contributed by atoms with Crippen molar-refractivity contribution >= 4 is 17.5 Å². The maximum atomic E-state index is 12.0. The van der Waals surface area contributed by atoms with Gasteiger partial charge in [-0.3, -0.25) is 4.79 Å². The molecular formula is C17H17NO. The molecule has 1 N–H and O–H groups in total. The van der Waals surface area contributed by atoms with E-state index in [0.29, 0.717) is 5.56 Å². The van der Waals surface area contributed by atoms with Crippen LogP contribution in [-0.2, 0) is 0 Å². The summed E-state index contributed by atoms with van der Waals surface area (Å²) in [4.78, 5) is 12.0. The minimum absolute atomic E-state index is 0.0256. The quantitative estimate of drug-likeness (QED) is 0.659. The van der Waals surface area contributed by atoms with Gasteiger partial charge in [-0.2, -0.15) is 0 Å². The fraction of sp³-hybridized carbons (Fsp3) is 0.118. The molecule has 0 aliphatic rings. The van der Waals surface area contributed by atoms with Gasteiger partial charge >= 0.3 is 0 Å². The molecule has 2 heteroatoms. The number of allylic oxidation sites excluding steroid dienone is 1. The first kappa shape index (κ1) is 13.1. The van der Waals surface area contributed by atoms with Gasteiger partial charge in [-0.15, -0.1) is 0 Å². The van der Waals surface area contributed by atoms with Crippen molar-refractivity contribution in [3.63, 3.8) is 0 Å². The molecule has 0 aliphatic heterocycles. The average molecular weight is 251 g/mol. The molecule has 2 aromatic rings. The predicted molar refractivity (Wildman–Crippen MR) is 80.5 cm³/mol. The molecule has 0 saturated carbocycles. The van der Waals surface area contributed by atoms with Gasteiger partial charge in [-0.1, -0.05) is 42.5 Å². The summed E-state index contributed by atoms with van der Waals surface area (Å²) in [5.41, 5.74) is 3.99. The van der Waals surface area contributed by atoms with Crippen molar-refractivity contribution in [3.05, 3.63) is 71.3 Å². The minimum atomic E-state index is 0.0256. The lowest BCUT2D eigenvalue weighted by Crippen LogP contribution is -1.93. The molecule has 0 atom stereocenters. The maximum Gasteiger partial charge on any atom is 0.185 e. The Morgan fingerprint density at radius 1 is 1.11 bits per heavy atom. The summed E-state index contributed by atoms with van der Waals surface area (Å²) in [6.07, 6.45) is 3.49. The van der Waals surface area contributed by atoms with Gasteiger partial charge in [0, 0.05) is 18.3 Å². The molecular weight excluding hydrogens is 234 g/mol. The van der Waals surface area contributed by atoms with Gasteiger partial charge in [0.2, 0.25) is 0 Å². The van der Waals surface area contributed by atoms with Gasteiger partial charge in [0.1, 0.15) is 0 Å². The van der Waals surface area contributed by atoms with Gasteiger partial charge < -0.3 is 5.32 Å². The number of nitrogens with one attached hydrogen (secondary N) is 1. The molecule has 2 rings (SSSR count). The number of anilines is 1. The Labute approximate surface area is 113 Å². The van der Waals surface area contributed by atoms with Crippen molar-refractivity contribution in [1.82, 2.24) is 0 Å². The van der Waals surface area contributed by atoms with E-state index in [9.17, 15) is 4.79 Å². The van der Waals surface area contributed by atoms with Gasteiger partial charge in [0.05, 0.1) is 0 Å². The molecule has 0 aromatic heterocycles. The zero-order valence-electron chi connectivity index (χ0n) is 11.2. The van der Waals surface area contributed by atoms with Crippen LogP contribution in [0.15, 0.2) is 54.6 Å². The van der Waals surface area contributed by atoms with Crippen LogP contribution in [0.1, 0.15) is 21.5 Å². The monoisotopic (exact) mass is 251 g/mol. The lowest BCUT2D eigenvalue weighted by molar-refractivity contribution is 0.104. The standard InChI is InChI=1S/C17H17NO/c1-13-12-16(18-2)10-8-14(13)9-11-17(19)15-6-4-3-5-7-15/h3-12,18H,1-2H3. The van der Waals surface area contributed by atoms with Gasteiger partial charge in [0.25, 0.3) is 0 Å². The average Bonchev–Trinajstić information content (AvgIpc) is 2.46. The van der Waals surface area contributed by atoms with E-state index in [2.05, 4.69) is 11.4 Å². The Bertz CT molecular complexity index is 600. The van der Waals surface area contributed by atoms with Gasteiger partial charge in [0.15, 0.2) is 5.78 Å². The third kappa shape index (κ3) is 3.32. The number of ketones is 1. The van der Waals surface area contributed by atoms with Crippen LogP contribution in [0.3, 0.4) is 0 Å². The van der Waals surface area contributed by atoms with E-state index in [0.717, 1.165) is 16.8 Å². The maximum absolute atomic E-state index is 12.0. The van der Waals surface area contributed by atoms with E-state index in [1.54, 1.807) is 6.08 Å². The van der Waals surface area contributed by atoms with Crippen molar-refractivity contribution < 1.29 is 4.79 Å². The smallest absolute Gasteiger partial charge is 0.185 e. The number of benzene rings is 2. The fourth-order valence-corrected chi connectivity index (χ4v) is 1.88. The highest BCUT2D eigenvalue weighted by Crippen LogP contribution is 2.16. The molecule has 96 valence electrons. The lowest BCUT2D eigenvalue weighted by Gasteiger charge is -2.04. The van der Waals surface area contributed by atoms with Crippen molar-refractivity contribution in [3.8, 4) is 0 Å². The number of rotatable bonds is 4. The third-order valence-corrected chi connectivity index (χ3v) is 3.03. The lowest BCUT2D eigenvalue weighted by atomic mass is 10.1. The summed E-state index contributed by atoms with van der Waals surface area (Å²) in [7, 11) is 1.89. The first-order valence-corrected chi connectivity index (χ1v) is 6.26. The van der Waals surface area contributed by atoms with Crippen molar-refractivity contribution in [2.45, 2.75) is 6.92 Å². The highest BCUT2D eigenvalue weighted by atomic mass is 16.1. The van der Waals surface area contributed by atoms with E-state index in [1.807, 2.05) is 62.5 Å². The largest absolute Gasteiger partial charge is 0.388 e. The first-order chi connectivity index (χ1) is 9.20. The Hall–Kier alpha value is -2.35. The number of carbonyl (C=O) groups excluding carboxylic acids is 1. The third-order valence-electron chi connectivity index (χ3n) is 3.03. The first-order valence-electron chi connectivity index (χ1n) is 6.26. The number of hydrogen-bond acceptors (Lipinski definition) is 2. The fourth-order valence-electron chi connectivity index (χ4n) is 1.88. The molecule has 0 fully saturated rings. The van der Waals surface area contributed by atoms with Crippen LogP contribution in [0.2, 0.25) is 0 Å². The molecule has 0 radical (unpaired) electrons. The Morgan fingerprint density at radius 3 is 2.47 bits per heavy atom. The van der Waals surface area contributed by atoms with E-state index in [1.165, 1.54) is 0 Å². The molecule has 0 bridgehead atoms. The van der Waals surface area contributed by atoms with Crippen LogP contribution in [0.5, 0.6) is 0 Å². The molecule has 0 unspecified atom stereocenters. The highest BCUT2D eigenvalue weighted by molar-refractivity contribution is 6.06. The van der Waals surface area contributed by atoms with Crippen LogP contribution >= 0.6 is 0 Å². The van der Waals surface area contributed by atoms with Crippen LogP contribution in [0.25, 0.3) is 6.08 Å². The summed E-state index contributed by atoms with van der Waals surface area (Å²) < 4.78 is 0. The van der Waals surface area contributed by atoms with Crippen molar-refractivity contribution in [2.75, 3.05) is 12.4 Å². The zero-order valence-corrected chi connectivity index (χ0v) is 11.2. The van der Waals surface area contributed by atoms with Crippen molar-refractivity contribution in [1.29, 1.82) is 0 Å². The Balaban J connectivity index is 2.17. The summed E-state index contributed by atoms with van der Waals surface area (Å²) in [6.45, 7) is 2.04. The normalized spacial score (nSPS) is 10.6. The predicted octanol–water partition coefficient (Wildman–Crippen LogP) is 3.93. The number of aryl methyl sites for hydroxylation is 1. The second kappa shape index (κ2) is 6.01.